The second-order valence-corrected chi connectivity index (χ2v) is 4.71. The van der Waals surface area contributed by atoms with Gasteiger partial charge in [-0.1, -0.05) is 23.2 Å². The van der Waals surface area contributed by atoms with Gasteiger partial charge in [-0.05, 0) is 12.1 Å². The second-order valence-electron chi connectivity index (χ2n) is 3.89. The van der Waals surface area contributed by atoms with E-state index in [1.807, 2.05) is 0 Å². The molecule has 0 fully saturated rings. The molecule has 0 saturated heterocycles. The first-order valence-electron chi connectivity index (χ1n) is 5.06. The van der Waals surface area contributed by atoms with Crippen LogP contribution in [0.4, 0.5) is 19.0 Å². The Labute approximate surface area is 116 Å². The van der Waals surface area contributed by atoms with Crippen LogP contribution in [-0.4, -0.2) is 9.78 Å². The Bertz CT molecular complexity index is 592. The number of nitrogens with two attached hydrogens (primary N) is 1. The molecule has 2 aromatic rings. The van der Waals surface area contributed by atoms with Crippen LogP contribution < -0.4 is 5.73 Å². The van der Waals surface area contributed by atoms with Crippen molar-refractivity contribution in [3.8, 4) is 11.3 Å². The van der Waals surface area contributed by atoms with Crippen molar-refractivity contribution >= 4 is 29.0 Å². The van der Waals surface area contributed by atoms with Crippen molar-refractivity contribution < 1.29 is 13.2 Å². The summed E-state index contributed by atoms with van der Waals surface area (Å²) < 4.78 is 39.2. The molecular formula is C11H8Cl2F3N3. The third kappa shape index (κ3) is 2.64. The summed E-state index contributed by atoms with van der Waals surface area (Å²) in [5.74, 6) is 0.349. The Hall–Kier alpha value is -1.40. The highest BCUT2D eigenvalue weighted by molar-refractivity contribution is 6.39. The molecule has 0 aliphatic carbocycles. The zero-order chi connectivity index (χ0) is 14.4. The summed E-state index contributed by atoms with van der Waals surface area (Å²) in [4.78, 5) is 0. The van der Waals surface area contributed by atoms with Gasteiger partial charge in [-0.15, -0.1) is 0 Å². The van der Waals surface area contributed by atoms with Crippen LogP contribution in [0.3, 0.4) is 0 Å². The van der Waals surface area contributed by atoms with Gasteiger partial charge in [0.2, 0.25) is 0 Å². The van der Waals surface area contributed by atoms with Crippen LogP contribution in [0.5, 0.6) is 0 Å². The summed E-state index contributed by atoms with van der Waals surface area (Å²) >= 11 is 11.7. The number of alkyl halides is 3. The van der Waals surface area contributed by atoms with Crippen molar-refractivity contribution in [1.29, 1.82) is 0 Å². The van der Waals surface area contributed by atoms with E-state index in [1.54, 1.807) is 7.05 Å². The first-order chi connectivity index (χ1) is 8.70. The summed E-state index contributed by atoms with van der Waals surface area (Å²) in [7, 11) is 1.60. The summed E-state index contributed by atoms with van der Waals surface area (Å²) in [5.41, 5.74) is 5.25. The smallest absolute Gasteiger partial charge is 0.384 e. The van der Waals surface area contributed by atoms with Crippen molar-refractivity contribution in [3.63, 3.8) is 0 Å². The van der Waals surface area contributed by atoms with Gasteiger partial charge in [0, 0.05) is 18.7 Å². The zero-order valence-corrected chi connectivity index (χ0v) is 11.1. The van der Waals surface area contributed by atoms with Crippen molar-refractivity contribution in [2.45, 2.75) is 6.18 Å². The van der Waals surface area contributed by atoms with Crippen molar-refractivity contribution in [1.82, 2.24) is 9.78 Å². The Morgan fingerprint density at radius 3 is 2.05 bits per heavy atom. The van der Waals surface area contributed by atoms with E-state index in [9.17, 15) is 13.2 Å². The van der Waals surface area contributed by atoms with Gasteiger partial charge < -0.3 is 5.73 Å². The lowest BCUT2D eigenvalue weighted by Crippen LogP contribution is -2.05. The molecule has 2 N–H and O–H groups in total. The predicted molar refractivity (Wildman–Crippen MR) is 68.1 cm³/mol. The maximum Gasteiger partial charge on any atom is 0.416 e. The highest BCUT2D eigenvalue weighted by atomic mass is 35.5. The molecule has 3 nitrogen and oxygen atoms in total. The molecule has 1 aromatic heterocycles. The van der Waals surface area contributed by atoms with E-state index in [-0.39, 0.29) is 15.6 Å². The molecular weight excluding hydrogens is 302 g/mol. The first-order valence-corrected chi connectivity index (χ1v) is 5.82. The molecule has 0 bridgehead atoms. The van der Waals surface area contributed by atoms with Gasteiger partial charge in [0.1, 0.15) is 5.82 Å². The number of nitrogen functional groups attached to an aromatic ring is 1. The fraction of sp³-hybridized carbons (Fsp3) is 0.182. The van der Waals surface area contributed by atoms with Crippen LogP contribution in [0.15, 0.2) is 18.2 Å². The highest BCUT2D eigenvalue weighted by Gasteiger charge is 2.32. The van der Waals surface area contributed by atoms with Gasteiger partial charge in [-0.25, -0.2) is 0 Å². The minimum atomic E-state index is -4.51. The lowest BCUT2D eigenvalue weighted by atomic mass is 10.1. The van der Waals surface area contributed by atoms with E-state index in [4.69, 9.17) is 28.9 Å². The topological polar surface area (TPSA) is 43.8 Å². The minimum absolute atomic E-state index is 0.127. The number of aryl methyl sites for hydroxylation is 1. The zero-order valence-electron chi connectivity index (χ0n) is 9.59. The number of hydrogen-bond acceptors (Lipinski definition) is 2. The lowest BCUT2D eigenvalue weighted by molar-refractivity contribution is -0.137. The number of anilines is 1. The summed E-state index contributed by atoms with van der Waals surface area (Å²) in [5, 5.41) is 3.78. The highest BCUT2D eigenvalue weighted by Crippen LogP contribution is 2.40. The normalized spacial score (nSPS) is 11.9. The van der Waals surface area contributed by atoms with E-state index in [0.29, 0.717) is 11.5 Å². The predicted octanol–water partition coefficient (Wildman–Crippen LogP) is 3.99. The molecule has 0 amide bonds. The minimum Gasteiger partial charge on any atom is -0.384 e. The molecule has 0 aliphatic rings. The SMILES string of the molecule is Cn1nc(-c2c(Cl)cc(C(F)(F)F)cc2Cl)cc1N. The Morgan fingerprint density at radius 2 is 1.68 bits per heavy atom. The number of nitrogens with zero attached hydrogens (tertiary/aromatic N) is 2. The molecule has 102 valence electrons. The Morgan fingerprint density at radius 1 is 1.16 bits per heavy atom. The van der Waals surface area contributed by atoms with Crippen LogP contribution in [0, 0.1) is 0 Å². The van der Waals surface area contributed by atoms with E-state index < -0.39 is 11.7 Å². The van der Waals surface area contributed by atoms with Gasteiger partial charge in [-0.3, -0.25) is 4.68 Å². The van der Waals surface area contributed by atoms with Crippen LogP contribution >= 0.6 is 23.2 Å². The van der Waals surface area contributed by atoms with Crippen molar-refractivity contribution in [3.05, 3.63) is 33.8 Å². The Balaban J connectivity index is 2.60. The summed E-state index contributed by atoms with van der Waals surface area (Å²) in [6, 6.07) is 3.11. The largest absolute Gasteiger partial charge is 0.416 e. The molecule has 0 saturated carbocycles. The number of benzene rings is 1. The Kier molecular flexibility index (Phi) is 3.40. The molecule has 0 aliphatic heterocycles. The standard InChI is InChI=1S/C11H8Cl2F3N3/c1-19-9(17)4-8(18-19)10-6(12)2-5(3-7(10)13)11(14,15)16/h2-4H,17H2,1H3. The fourth-order valence-electron chi connectivity index (χ4n) is 1.59. The van der Waals surface area contributed by atoms with Gasteiger partial charge in [0.25, 0.3) is 0 Å². The number of halogens is 5. The monoisotopic (exact) mass is 309 g/mol. The molecule has 0 spiro atoms. The van der Waals surface area contributed by atoms with Crippen LogP contribution in [0.1, 0.15) is 5.56 Å². The molecule has 0 atom stereocenters. The van der Waals surface area contributed by atoms with Crippen LogP contribution in [-0.2, 0) is 13.2 Å². The third-order valence-corrected chi connectivity index (χ3v) is 3.14. The first kappa shape index (κ1) is 14.0. The molecule has 0 radical (unpaired) electrons. The van der Waals surface area contributed by atoms with Crippen LogP contribution in [0.25, 0.3) is 11.3 Å². The molecule has 1 aromatic carbocycles. The van der Waals surface area contributed by atoms with Gasteiger partial charge in [0.15, 0.2) is 0 Å². The summed E-state index contributed by atoms with van der Waals surface area (Å²) in [6.07, 6.45) is -4.51. The number of aromatic nitrogens is 2. The average Bonchev–Trinajstić information content (AvgIpc) is 2.56. The van der Waals surface area contributed by atoms with Gasteiger partial charge in [0.05, 0.1) is 21.3 Å². The molecule has 0 unspecified atom stereocenters. The number of hydrogen-bond donors (Lipinski definition) is 1. The van der Waals surface area contributed by atoms with Crippen LogP contribution in [0.2, 0.25) is 10.0 Å². The van der Waals surface area contributed by atoms with Crippen molar-refractivity contribution in [2.24, 2.45) is 7.05 Å². The molecule has 19 heavy (non-hydrogen) atoms. The van der Waals surface area contributed by atoms with E-state index in [0.717, 1.165) is 12.1 Å². The van der Waals surface area contributed by atoms with Gasteiger partial charge >= 0.3 is 6.18 Å². The van der Waals surface area contributed by atoms with E-state index in [1.165, 1.54) is 10.7 Å². The molecule has 8 heteroatoms. The molecule has 1 heterocycles. The average molecular weight is 310 g/mol. The maximum absolute atomic E-state index is 12.6. The van der Waals surface area contributed by atoms with E-state index >= 15 is 0 Å². The quantitative estimate of drug-likeness (QED) is 0.865. The second kappa shape index (κ2) is 4.61. The lowest BCUT2D eigenvalue weighted by Gasteiger charge is -2.10. The summed E-state index contributed by atoms with van der Waals surface area (Å²) in [6.45, 7) is 0. The van der Waals surface area contributed by atoms with Gasteiger partial charge in [-0.2, -0.15) is 18.3 Å². The van der Waals surface area contributed by atoms with E-state index in [2.05, 4.69) is 5.10 Å². The maximum atomic E-state index is 12.6. The molecule has 2 rings (SSSR count). The fourth-order valence-corrected chi connectivity index (χ4v) is 2.27. The number of rotatable bonds is 1. The third-order valence-electron chi connectivity index (χ3n) is 2.54. The van der Waals surface area contributed by atoms with Crippen molar-refractivity contribution in [2.75, 3.05) is 5.73 Å².